The Morgan fingerprint density at radius 2 is 1.66 bits per heavy atom. The van der Waals surface area contributed by atoms with E-state index < -0.39 is 11.7 Å². The van der Waals surface area contributed by atoms with Crippen molar-refractivity contribution in [3.05, 3.63) is 122 Å². The molecule has 44 heavy (non-hydrogen) atoms. The fourth-order valence-corrected chi connectivity index (χ4v) is 4.79. The summed E-state index contributed by atoms with van der Waals surface area (Å²) in [6, 6.07) is 20.4. The first-order valence-corrected chi connectivity index (χ1v) is 15.0. The molecule has 4 aromatic rings. The van der Waals surface area contributed by atoms with Crippen LogP contribution in [0.1, 0.15) is 60.1 Å². The number of halogens is 3. The molecule has 2 N–H and O–H groups in total. The molecule has 0 spiro atoms. The van der Waals surface area contributed by atoms with Gasteiger partial charge in [0.15, 0.2) is 0 Å². The van der Waals surface area contributed by atoms with Crippen molar-refractivity contribution < 1.29 is 22.8 Å². The van der Waals surface area contributed by atoms with Gasteiger partial charge < -0.3 is 15.5 Å². The summed E-state index contributed by atoms with van der Waals surface area (Å²) in [5.41, 5.74) is 4.03. The van der Waals surface area contributed by atoms with E-state index in [0.29, 0.717) is 49.0 Å². The van der Waals surface area contributed by atoms with Crippen LogP contribution < -0.4 is 10.6 Å². The number of benzene rings is 3. The van der Waals surface area contributed by atoms with Gasteiger partial charge in [0, 0.05) is 41.8 Å². The molecule has 1 amide bonds. The first-order valence-electron chi connectivity index (χ1n) is 14.2. The van der Waals surface area contributed by atoms with Gasteiger partial charge in [0.2, 0.25) is 0 Å². The minimum absolute atomic E-state index is 0.264. The molecule has 0 unspecified atom stereocenters. The van der Waals surface area contributed by atoms with Crippen LogP contribution in [0.4, 0.5) is 13.2 Å². The standard InChI is InChI=1S/C20H21F3N2O2.C7H12N2S.C7H8/c1-14-8-16(13-26)10-17(9-14)19(27)25-7-3-6-24-12-15-4-2-5-18(11-15)20(21,22)23;1-6-5-10-7(8-6)4-9(2)3;1-7-5-3-2-4-6-7/h2,4-5,8-11,13,24H,3,6-7,12H2,1H3,(H,25,27);5H,4H2,1-3H3;2-6H,1H3. The predicted molar refractivity (Wildman–Crippen MR) is 172 cm³/mol. The van der Waals surface area contributed by atoms with Gasteiger partial charge in [-0.25, -0.2) is 4.98 Å². The highest BCUT2D eigenvalue weighted by Crippen LogP contribution is 2.29. The summed E-state index contributed by atoms with van der Waals surface area (Å²) in [6.07, 6.45) is -3.03. The molecule has 0 aliphatic carbocycles. The highest BCUT2D eigenvalue weighted by molar-refractivity contribution is 7.09. The van der Waals surface area contributed by atoms with Gasteiger partial charge in [-0.1, -0.05) is 54.1 Å². The lowest BCUT2D eigenvalue weighted by Crippen LogP contribution is -2.27. The monoisotopic (exact) mass is 626 g/mol. The number of hydrogen-bond acceptors (Lipinski definition) is 6. The zero-order valence-corrected chi connectivity index (χ0v) is 26.7. The van der Waals surface area contributed by atoms with Gasteiger partial charge in [-0.3, -0.25) is 9.59 Å². The number of rotatable bonds is 10. The number of carbonyl (C=O) groups is 2. The molecule has 1 aromatic heterocycles. The van der Waals surface area contributed by atoms with E-state index in [1.54, 1.807) is 29.5 Å². The van der Waals surface area contributed by atoms with Gasteiger partial charge in [-0.2, -0.15) is 13.2 Å². The number of nitrogens with zero attached hydrogens (tertiary/aromatic N) is 2. The summed E-state index contributed by atoms with van der Waals surface area (Å²) >= 11 is 1.73. The fourth-order valence-electron chi connectivity index (χ4n) is 3.90. The molecule has 0 radical (unpaired) electrons. The molecular weight excluding hydrogens is 585 g/mol. The summed E-state index contributed by atoms with van der Waals surface area (Å²) in [7, 11) is 4.10. The van der Waals surface area contributed by atoms with Crippen molar-refractivity contribution >= 4 is 23.5 Å². The van der Waals surface area contributed by atoms with Crippen molar-refractivity contribution in [3.63, 3.8) is 0 Å². The maximum Gasteiger partial charge on any atom is 0.416 e. The molecule has 10 heteroatoms. The van der Waals surface area contributed by atoms with Gasteiger partial charge in [0.05, 0.1) is 5.56 Å². The van der Waals surface area contributed by atoms with Gasteiger partial charge in [-0.15, -0.1) is 11.3 Å². The molecule has 4 rings (SSSR count). The zero-order valence-electron chi connectivity index (χ0n) is 25.9. The van der Waals surface area contributed by atoms with Crippen molar-refractivity contribution in [2.24, 2.45) is 0 Å². The van der Waals surface area contributed by atoms with Crippen LogP contribution in [-0.4, -0.2) is 49.3 Å². The lowest BCUT2D eigenvalue weighted by molar-refractivity contribution is -0.137. The minimum atomic E-state index is -4.35. The average molecular weight is 627 g/mol. The molecule has 236 valence electrons. The number of amides is 1. The van der Waals surface area contributed by atoms with Crippen molar-refractivity contribution in [3.8, 4) is 0 Å². The fraction of sp³-hybridized carbons (Fsp3) is 0.324. The van der Waals surface area contributed by atoms with E-state index in [4.69, 9.17) is 0 Å². The van der Waals surface area contributed by atoms with E-state index in [0.717, 1.165) is 29.9 Å². The van der Waals surface area contributed by atoms with E-state index in [-0.39, 0.29) is 5.91 Å². The number of hydrogen-bond donors (Lipinski definition) is 2. The molecule has 0 aliphatic heterocycles. The Kier molecular flexibility index (Phi) is 15.5. The Bertz CT molecular complexity index is 1440. The van der Waals surface area contributed by atoms with Crippen LogP contribution >= 0.6 is 11.3 Å². The SMILES string of the molecule is Cc1cc(C=O)cc(C(=O)NCCCNCc2cccc(C(F)(F)F)c2)c1.Cc1ccccc1.Cc1csc(CN(C)C)n1. The highest BCUT2D eigenvalue weighted by Gasteiger charge is 2.30. The lowest BCUT2D eigenvalue weighted by atomic mass is 10.1. The molecule has 1 heterocycles. The number of aromatic nitrogens is 1. The summed E-state index contributed by atoms with van der Waals surface area (Å²) in [6.45, 7) is 8.15. The highest BCUT2D eigenvalue weighted by atomic mass is 32.1. The van der Waals surface area contributed by atoms with E-state index in [9.17, 15) is 22.8 Å². The van der Waals surface area contributed by atoms with E-state index in [2.05, 4.69) is 59.0 Å². The molecule has 0 bridgehead atoms. The second-order valence-electron chi connectivity index (χ2n) is 10.5. The van der Waals surface area contributed by atoms with Gasteiger partial charge >= 0.3 is 6.18 Å². The predicted octanol–water partition coefficient (Wildman–Crippen LogP) is 7.24. The van der Waals surface area contributed by atoms with Gasteiger partial charge in [0.25, 0.3) is 5.91 Å². The summed E-state index contributed by atoms with van der Waals surface area (Å²) in [5.74, 6) is -0.264. The number of thiazole rings is 1. The van der Waals surface area contributed by atoms with Crippen molar-refractivity contribution in [1.29, 1.82) is 0 Å². The van der Waals surface area contributed by atoms with Crippen LogP contribution in [0.25, 0.3) is 0 Å². The third-order valence-corrected chi connectivity index (χ3v) is 6.91. The van der Waals surface area contributed by atoms with Crippen LogP contribution in [0.2, 0.25) is 0 Å². The smallest absolute Gasteiger partial charge is 0.352 e. The Hall–Kier alpha value is -3.86. The molecule has 0 saturated carbocycles. The maximum atomic E-state index is 12.7. The van der Waals surface area contributed by atoms with Crippen molar-refractivity contribution in [1.82, 2.24) is 20.5 Å². The molecule has 6 nitrogen and oxygen atoms in total. The van der Waals surface area contributed by atoms with Crippen LogP contribution in [0, 0.1) is 20.8 Å². The molecule has 0 atom stereocenters. The second-order valence-corrected chi connectivity index (χ2v) is 11.5. The maximum absolute atomic E-state index is 12.7. The van der Waals surface area contributed by atoms with Crippen LogP contribution in [0.5, 0.6) is 0 Å². The molecule has 3 aromatic carbocycles. The number of carbonyl (C=O) groups excluding carboxylic acids is 2. The van der Waals surface area contributed by atoms with Crippen molar-refractivity contribution in [2.45, 2.75) is 46.5 Å². The second kappa shape index (κ2) is 18.7. The summed E-state index contributed by atoms with van der Waals surface area (Å²) in [4.78, 5) is 29.4. The third kappa shape index (κ3) is 14.5. The number of alkyl halides is 3. The zero-order chi connectivity index (χ0) is 32.5. The van der Waals surface area contributed by atoms with Gasteiger partial charge in [-0.05, 0) is 83.2 Å². The first kappa shape index (κ1) is 36.3. The molecule has 0 fully saturated rings. The first-order chi connectivity index (χ1) is 20.9. The van der Waals surface area contributed by atoms with E-state index in [1.165, 1.54) is 22.7 Å². The van der Waals surface area contributed by atoms with Gasteiger partial charge in [0.1, 0.15) is 11.3 Å². The van der Waals surface area contributed by atoms with Crippen LogP contribution in [0.3, 0.4) is 0 Å². The summed E-state index contributed by atoms with van der Waals surface area (Å²) < 4.78 is 38.0. The van der Waals surface area contributed by atoms with Crippen LogP contribution in [-0.2, 0) is 19.3 Å². The van der Waals surface area contributed by atoms with E-state index in [1.807, 2.05) is 32.0 Å². The molecule has 0 aliphatic rings. The topological polar surface area (TPSA) is 74.3 Å². The minimum Gasteiger partial charge on any atom is -0.352 e. The number of aryl methyl sites for hydroxylation is 3. The molecular formula is C34H41F3N4O2S. The number of nitrogens with one attached hydrogen (secondary N) is 2. The van der Waals surface area contributed by atoms with Crippen LogP contribution in [0.15, 0.2) is 78.2 Å². The number of aldehydes is 1. The Labute approximate surface area is 262 Å². The Balaban J connectivity index is 0.000000320. The molecule has 0 saturated heterocycles. The largest absolute Gasteiger partial charge is 0.416 e. The Morgan fingerprint density at radius 3 is 2.23 bits per heavy atom. The normalized spacial score (nSPS) is 10.8. The summed E-state index contributed by atoms with van der Waals surface area (Å²) in [5, 5.41) is 9.10. The quantitative estimate of drug-likeness (QED) is 0.143. The van der Waals surface area contributed by atoms with Crippen molar-refractivity contribution in [2.75, 3.05) is 27.2 Å². The Morgan fingerprint density at radius 1 is 0.932 bits per heavy atom. The average Bonchev–Trinajstić information content (AvgIpc) is 3.38. The lowest BCUT2D eigenvalue weighted by Gasteiger charge is -2.10. The third-order valence-electron chi connectivity index (χ3n) is 5.96. The van der Waals surface area contributed by atoms with E-state index >= 15 is 0 Å².